The van der Waals surface area contributed by atoms with Gasteiger partial charge in [-0.15, -0.1) is 0 Å². The molecule has 0 spiro atoms. The third-order valence-electron chi connectivity index (χ3n) is 3.39. The Bertz CT molecular complexity index is 255. The fourth-order valence-corrected chi connectivity index (χ4v) is 2.33. The van der Waals surface area contributed by atoms with Crippen molar-refractivity contribution in [2.75, 3.05) is 26.3 Å². The Hall–Kier alpha value is -0.710. The number of morpholine rings is 1. The van der Waals surface area contributed by atoms with Crippen LogP contribution >= 0.6 is 0 Å². The predicted octanol–water partition coefficient (Wildman–Crippen LogP) is 1.67. The van der Waals surface area contributed by atoms with E-state index in [0.29, 0.717) is 39.1 Å². The number of carbonyl (C=O) groups excluding carboxylic acids is 1. The Kier molecular flexibility index (Phi) is 3.42. The van der Waals surface area contributed by atoms with E-state index in [1.165, 1.54) is 0 Å². The molecule has 2 fully saturated rings. The monoisotopic (exact) mass is 233 g/mol. The molecule has 0 unspecified atom stereocenters. The Morgan fingerprint density at radius 2 is 1.75 bits per heavy atom. The van der Waals surface area contributed by atoms with E-state index < -0.39 is 5.92 Å². The van der Waals surface area contributed by atoms with E-state index in [1.54, 1.807) is 4.90 Å². The van der Waals surface area contributed by atoms with Gasteiger partial charge in [0, 0.05) is 31.8 Å². The molecule has 0 aromatic heterocycles. The zero-order valence-electron chi connectivity index (χ0n) is 9.25. The van der Waals surface area contributed by atoms with Crippen LogP contribution in [0.25, 0.3) is 0 Å². The summed E-state index contributed by atoms with van der Waals surface area (Å²) in [6.07, 6.45) is 0.355. The average Bonchev–Trinajstić information content (AvgIpc) is 2.29. The number of amides is 1. The van der Waals surface area contributed by atoms with Gasteiger partial charge in [0.25, 0.3) is 0 Å². The molecule has 2 rings (SSSR count). The van der Waals surface area contributed by atoms with E-state index >= 15 is 0 Å². The zero-order valence-corrected chi connectivity index (χ0v) is 9.25. The van der Waals surface area contributed by atoms with Crippen molar-refractivity contribution in [2.45, 2.75) is 31.6 Å². The van der Waals surface area contributed by atoms with Crippen LogP contribution in [0.5, 0.6) is 0 Å². The van der Waals surface area contributed by atoms with Crippen LogP contribution in [0.3, 0.4) is 0 Å². The van der Waals surface area contributed by atoms with Gasteiger partial charge < -0.3 is 9.64 Å². The highest BCUT2D eigenvalue weighted by Crippen LogP contribution is 2.36. The van der Waals surface area contributed by atoms with Crippen LogP contribution in [-0.4, -0.2) is 43.0 Å². The van der Waals surface area contributed by atoms with Crippen LogP contribution < -0.4 is 0 Å². The van der Waals surface area contributed by atoms with Crippen LogP contribution in [0.1, 0.15) is 25.7 Å². The largest absolute Gasteiger partial charge is 0.378 e. The van der Waals surface area contributed by atoms with Gasteiger partial charge in [0.05, 0.1) is 13.2 Å². The van der Waals surface area contributed by atoms with E-state index in [4.69, 9.17) is 4.74 Å². The van der Waals surface area contributed by atoms with Crippen LogP contribution in [0.15, 0.2) is 0 Å². The zero-order chi connectivity index (χ0) is 11.6. The summed E-state index contributed by atoms with van der Waals surface area (Å²) in [6.45, 7) is 2.33. The van der Waals surface area contributed by atoms with E-state index in [2.05, 4.69) is 0 Å². The second-order valence-electron chi connectivity index (χ2n) is 4.57. The van der Waals surface area contributed by atoms with Gasteiger partial charge in [-0.2, -0.15) is 0 Å². The molecule has 1 saturated heterocycles. The van der Waals surface area contributed by atoms with Gasteiger partial charge in [-0.3, -0.25) is 4.79 Å². The summed E-state index contributed by atoms with van der Waals surface area (Å²) in [5.41, 5.74) is 0. The second-order valence-corrected chi connectivity index (χ2v) is 4.57. The van der Waals surface area contributed by atoms with E-state index in [1.807, 2.05) is 0 Å². The first-order valence-electron chi connectivity index (χ1n) is 5.83. The molecule has 92 valence electrons. The van der Waals surface area contributed by atoms with Crippen molar-refractivity contribution in [3.05, 3.63) is 0 Å². The molecule has 1 heterocycles. The Morgan fingerprint density at radius 1 is 1.19 bits per heavy atom. The number of rotatable bonds is 1. The Balaban J connectivity index is 1.86. The molecule has 2 aliphatic rings. The summed E-state index contributed by atoms with van der Waals surface area (Å²) in [4.78, 5) is 13.7. The van der Waals surface area contributed by atoms with Crippen molar-refractivity contribution in [1.29, 1.82) is 0 Å². The maximum absolute atomic E-state index is 12.9. The van der Waals surface area contributed by atoms with Gasteiger partial charge >= 0.3 is 0 Å². The topological polar surface area (TPSA) is 29.5 Å². The van der Waals surface area contributed by atoms with Crippen molar-refractivity contribution in [1.82, 2.24) is 4.90 Å². The fraction of sp³-hybridized carbons (Fsp3) is 0.909. The fourth-order valence-electron chi connectivity index (χ4n) is 2.33. The highest BCUT2D eigenvalue weighted by molar-refractivity contribution is 5.79. The summed E-state index contributed by atoms with van der Waals surface area (Å²) in [5.74, 6) is -2.71. The maximum Gasteiger partial charge on any atom is 0.248 e. The number of halogens is 2. The molecule has 1 amide bonds. The van der Waals surface area contributed by atoms with Crippen molar-refractivity contribution in [2.24, 2.45) is 5.92 Å². The van der Waals surface area contributed by atoms with Gasteiger partial charge in [-0.05, 0) is 12.8 Å². The number of hydrogen-bond donors (Lipinski definition) is 0. The number of nitrogens with zero attached hydrogens (tertiary/aromatic N) is 1. The van der Waals surface area contributed by atoms with E-state index in [-0.39, 0.29) is 24.7 Å². The van der Waals surface area contributed by atoms with Crippen molar-refractivity contribution >= 4 is 5.91 Å². The molecule has 0 aromatic carbocycles. The lowest BCUT2D eigenvalue weighted by Gasteiger charge is -2.33. The van der Waals surface area contributed by atoms with Crippen molar-refractivity contribution in [3.63, 3.8) is 0 Å². The minimum Gasteiger partial charge on any atom is -0.378 e. The molecule has 5 heteroatoms. The number of carbonyl (C=O) groups is 1. The second kappa shape index (κ2) is 4.65. The molecule has 0 radical (unpaired) electrons. The first-order chi connectivity index (χ1) is 7.58. The lowest BCUT2D eigenvalue weighted by molar-refractivity contribution is -0.143. The van der Waals surface area contributed by atoms with Crippen LogP contribution in [-0.2, 0) is 9.53 Å². The lowest BCUT2D eigenvalue weighted by atomic mass is 9.86. The minimum absolute atomic E-state index is 0.0406. The molecule has 1 aliphatic heterocycles. The van der Waals surface area contributed by atoms with Gasteiger partial charge in [-0.25, -0.2) is 8.78 Å². The highest BCUT2D eigenvalue weighted by atomic mass is 19.3. The van der Waals surface area contributed by atoms with Crippen molar-refractivity contribution < 1.29 is 18.3 Å². The molecule has 1 saturated carbocycles. The summed E-state index contributed by atoms with van der Waals surface area (Å²) < 4.78 is 31.0. The highest BCUT2D eigenvalue weighted by Gasteiger charge is 2.38. The molecular weight excluding hydrogens is 216 g/mol. The normalized spacial score (nSPS) is 26.8. The molecule has 0 bridgehead atoms. The number of hydrogen-bond acceptors (Lipinski definition) is 2. The van der Waals surface area contributed by atoms with E-state index in [9.17, 15) is 13.6 Å². The number of alkyl halides is 2. The van der Waals surface area contributed by atoms with E-state index in [0.717, 1.165) is 0 Å². The van der Waals surface area contributed by atoms with Crippen LogP contribution in [0.4, 0.5) is 8.78 Å². The SMILES string of the molecule is O=C(C1CCC(F)(F)CC1)N1CCOCC1. The lowest BCUT2D eigenvalue weighted by Crippen LogP contribution is -2.45. The van der Waals surface area contributed by atoms with Gasteiger partial charge in [-0.1, -0.05) is 0 Å². The molecule has 1 aliphatic carbocycles. The molecule has 0 aromatic rings. The van der Waals surface area contributed by atoms with Crippen molar-refractivity contribution in [3.8, 4) is 0 Å². The molecule has 0 N–H and O–H groups in total. The Labute approximate surface area is 93.7 Å². The molecular formula is C11H17F2NO2. The van der Waals surface area contributed by atoms with Crippen LogP contribution in [0.2, 0.25) is 0 Å². The summed E-state index contributed by atoms with van der Waals surface area (Å²) in [5, 5.41) is 0. The molecule has 0 atom stereocenters. The Morgan fingerprint density at radius 3 is 2.31 bits per heavy atom. The average molecular weight is 233 g/mol. The standard InChI is InChI=1S/C11H17F2NO2/c12-11(13)3-1-9(2-4-11)10(15)14-5-7-16-8-6-14/h9H,1-8H2. The quantitative estimate of drug-likeness (QED) is 0.689. The summed E-state index contributed by atoms with van der Waals surface area (Å²) >= 11 is 0. The molecule has 16 heavy (non-hydrogen) atoms. The summed E-state index contributed by atoms with van der Waals surface area (Å²) in [6, 6.07) is 0. The van der Waals surface area contributed by atoms with Crippen LogP contribution in [0, 0.1) is 5.92 Å². The minimum atomic E-state index is -2.55. The summed E-state index contributed by atoms with van der Waals surface area (Å²) in [7, 11) is 0. The van der Waals surface area contributed by atoms with Gasteiger partial charge in [0.2, 0.25) is 11.8 Å². The van der Waals surface area contributed by atoms with Gasteiger partial charge in [0.1, 0.15) is 0 Å². The van der Waals surface area contributed by atoms with Gasteiger partial charge in [0.15, 0.2) is 0 Å². The number of ether oxygens (including phenoxy) is 1. The third-order valence-corrected chi connectivity index (χ3v) is 3.39. The maximum atomic E-state index is 12.9. The molecule has 3 nitrogen and oxygen atoms in total. The first-order valence-corrected chi connectivity index (χ1v) is 5.83. The predicted molar refractivity (Wildman–Crippen MR) is 54.3 cm³/mol. The first kappa shape index (κ1) is 11.8. The smallest absolute Gasteiger partial charge is 0.248 e. The third kappa shape index (κ3) is 2.70.